The Kier molecular flexibility index (Phi) is 5.82. The lowest BCUT2D eigenvalue weighted by Gasteiger charge is -2.29. The summed E-state index contributed by atoms with van der Waals surface area (Å²) in [4.78, 5) is 4.22. The largest absolute Gasteiger partial charge is 0.335 e. The summed E-state index contributed by atoms with van der Waals surface area (Å²) in [5.74, 6) is 0.485. The molecule has 7 nitrogen and oxygen atoms in total. The first-order valence-corrected chi connectivity index (χ1v) is 11.4. The van der Waals surface area contributed by atoms with Crippen molar-refractivity contribution in [2.45, 2.75) is 88.6 Å². The molecule has 1 aromatic rings. The van der Waals surface area contributed by atoms with Crippen molar-refractivity contribution in [2.24, 2.45) is 5.92 Å². The monoisotopic (exact) mass is 402 g/mol. The second-order valence-corrected chi connectivity index (χ2v) is 11.4. The lowest BCUT2D eigenvalue weighted by molar-refractivity contribution is 0.156. The minimum atomic E-state index is -3.30. The number of hydrogen-bond acceptors (Lipinski definition) is 6. The molecule has 2 aliphatic rings. The Morgan fingerprint density at radius 1 is 1.19 bits per heavy atom. The first kappa shape index (κ1) is 20.5. The van der Waals surface area contributed by atoms with Gasteiger partial charge in [-0.05, 0) is 78.1 Å². The van der Waals surface area contributed by atoms with Gasteiger partial charge in [-0.2, -0.15) is 4.98 Å². The Hall–Kier alpha value is -1.22. The fraction of sp³-hybridized carbons (Fsp3) is 0.889. The Bertz CT molecular complexity index is 730. The minimum absolute atomic E-state index is 0.160. The van der Waals surface area contributed by atoms with E-state index in [0.29, 0.717) is 25.3 Å². The number of sulfonamides is 1. The molecule has 1 heterocycles. The molecule has 0 saturated heterocycles. The Morgan fingerprint density at radius 2 is 1.81 bits per heavy atom. The maximum absolute atomic E-state index is 14.7. The number of rotatable bonds is 6. The highest BCUT2D eigenvalue weighted by Crippen LogP contribution is 2.41. The van der Waals surface area contributed by atoms with Gasteiger partial charge in [-0.3, -0.25) is 0 Å². The van der Waals surface area contributed by atoms with E-state index in [2.05, 4.69) is 20.2 Å². The Balaban J connectivity index is 1.46. The van der Waals surface area contributed by atoms with Crippen molar-refractivity contribution in [2.75, 3.05) is 11.9 Å². The van der Waals surface area contributed by atoms with Crippen LogP contribution in [0.15, 0.2) is 4.52 Å². The molecular formula is C18H31FN4O3S. The molecule has 0 unspecified atom stereocenters. The van der Waals surface area contributed by atoms with E-state index >= 15 is 0 Å². The number of halogens is 1. The summed E-state index contributed by atoms with van der Waals surface area (Å²) in [6.07, 6.45) is 6.24. The van der Waals surface area contributed by atoms with Gasteiger partial charge >= 0.3 is 6.01 Å². The van der Waals surface area contributed by atoms with E-state index in [0.717, 1.165) is 38.5 Å². The highest BCUT2D eigenvalue weighted by Gasteiger charge is 2.40. The molecule has 0 spiro atoms. The van der Waals surface area contributed by atoms with Crippen molar-refractivity contribution in [1.82, 2.24) is 14.9 Å². The number of nitrogens with zero attached hydrogens (tertiary/aromatic N) is 2. The van der Waals surface area contributed by atoms with Gasteiger partial charge < -0.3 is 9.84 Å². The second-order valence-electron chi connectivity index (χ2n) is 8.92. The van der Waals surface area contributed by atoms with Crippen LogP contribution in [0.4, 0.5) is 10.4 Å². The standard InChI is InChI=1S/C18H31FN4O3S/c1-17(2,3)27(24,25)20-12-13-6-8-14(9-7-13)21-16-22-15(23-26-16)18(19)10-4-5-11-18/h13-14,20H,4-12H2,1-3H3,(H,21,22,23). The summed E-state index contributed by atoms with van der Waals surface area (Å²) in [5, 5.41) is 7.04. The van der Waals surface area contributed by atoms with Gasteiger partial charge in [-0.15, -0.1) is 0 Å². The van der Waals surface area contributed by atoms with Gasteiger partial charge in [0.1, 0.15) is 0 Å². The summed E-state index contributed by atoms with van der Waals surface area (Å²) in [6.45, 7) is 5.56. The fourth-order valence-corrected chi connectivity index (χ4v) is 4.64. The maximum Gasteiger partial charge on any atom is 0.321 e. The third kappa shape index (κ3) is 4.80. The van der Waals surface area contributed by atoms with Crippen molar-refractivity contribution in [3.63, 3.8) is 0 Å². The predicted octanol–water partition coefficient (Wildman–Crippen LogP) is 3.50. The van der Waals surface area contributed by atoms with E-state index in [-0.39, 0.29) is 17.9 Å². The molecule has 0 aromatic carbocycles. The molecule has 27 heavy (non-hydrogen) atoms. The molecular weight excluding hydrogens is 371 g/mol. The van der Waals surface area contributed by atoms with Crippen molar-refractivity contribution < 1.29 is 17.3 Å². The van der Waals surface area contributed by atoms with Crippen LogP contribution in [0.3, 0.4) is 0 Å². The van der Waals surface area contributed by atoms with Gasteiger partial charge in [0.15, 0.2) is 5.67 Å². The summed E-state index contributed by atoms with van der Waals surface area (Å²) < 4.78 is 46.1. The number of nitrogens with one attached hydrogen (secondary N) is 2. The molecule has 2 N–H and O–H groups in total. The molecule has 154 valence electrons. The van der Waals surface area contributed by atoms with Crippen molar-refractivity contribution in [1.29, 1.82) is 0 Å². The third-order valence-corrected chi connectivity index (χ3v) is 7.92. The normalized spacial score (nSPS) is 26.2. The summed E-state index contributed by atoms with van der Waals surface area (Å²) >= 11 is 0. The van der Waals surface area contributed by atoms with Crippen LogP contribution in [0, 0.1) is 5.92 Å². The first-order valence-electron chi connectivity index (χ1n) is 9.88. The van der Waals surface area contributed by atoms with Crippen molar-refractivity contribution >= 4 is 16.0 Å². The molecule has 0 amide bonds. The van der Waals surface area contributed by atoms with E-state index in [9.17, 15) is 12.8 Å². The molecule has 0 bridgehead atoms. The van der Waals surface area contributed by atoms with Crippen LogP contribution in [-0.4, -0.2) is 35.9 Å². The van der Waals surface area contributed by atoms with Gasteiger partial charge in [-0.1, -0.05) is 5.16 Å². The van der Waals surface area contributed by atoms with Gasteiger partial charge in [0, 0.05) is 12.6 Å². The number of hydrogen-bond donors (Lipinski definition) is 2. The lowest BCUT2D eigenvalue weighted by Crippen LogP contribution is -2.42. The van der Waals surface area contributed by atoms with E-state index in [4.69, 9.17) is 4.52 Å². The second kappa shape index (κ2) is 7.66. The Labute approximate surface area is 160 Å². The molecule has 1 aromatic heterocycles. The van der Waals surface area contributed by atoms with Gasteiger partial charge in [-0.25, -0.2) is 17.5 Å². The molecule has 9 heteroatoms. The topological polar surface area (TPSA) is 97.1 Å². The third-order valence-electron chi connectivity index (χ3n) is 5.77. The van der Waals surface area contributed by atoms with Crippen LogP contribution in [0.5, 0.6) is 0 Å². The van der Waals surface area contributed by atoms with E-state index < -0.39 is 20.4 Å². The maximum atomic E-state index is 14.7. The fourth-order valence-electron chi connectivity index (χ4n) is 3.75. The van der Waals surface area contributed by atoms with Gasteiger partial charge in [0.25, 0.3) is 0 Å². The molecule has 3 rings (SSSR count). The Morgan fingerprint density at radius 3 is 2.41 bits per heavy atom. The van der Waals surface area contributed by atoms with Crippen LogP contribution in [0.25, 0.3) is 0 Å². The van der Waals surface area contributed by atoms with E-state index in [1.807, 2.05) is 0 Å². The number of alkyl halides is 1. The summed E-state index contributed by atoms with van der Waals surface area (Å²) in [7, 11) is -3.30. The number of aromatic nitrogens is 2. The van der Waals surface area contributed by atoms with E-state index in [1.54, 1.807) is 20.8 Å². The van der Waals surface area contributed by atoms with Crippen LogP contribution in [0.2, 0.25) is 0 Å². The van der Waals surface area contributed by atoms with Crippen LogP contribution in [-0.2, 0) is 15.7 Å². The molecule has 0 aliphatic heterocycles. The number of anilines is 1. The predicted molar refractivity (Wildman–Crippen MR) is 102 cm³/mol. The highest BCUT2D eigenvalue weighted by molar-refractivity contribution is 7.90. The average Bonchev–Trinajstić information content (AvgIpc) is 3.23. The quantitative estimate of drug-likeness (QED) is 0.756. The van der Waals surface area contributed by atoms with E-state index in [1.165, 1.54) is 0 Å². The average molecular weight is 403 g/mol. The molecule has 2 aliphatic carbocycles. The van der Waals surface area contributed by atoms with Crippen molar-refractivity contribution in [3.05, 3.63) is 5.82 Å². The smallest absolute Gasteiger partial charge is 0.321 e. The van der Waals surface area contributed by atoms with Crippen LogP contribution < -0.4 is 10.0 Å². The SMILES string of the molecule is CC(C)(C)S(=O)(=O)NCC1CCC(Nc2nc(C3(F)CCCC3)no2)CC1. The summed E-state index contributed by atoms with van der Waals surface area (Å²) in [5.41, 5.74) is -1.44. The van der Waals surface area contributed by atoms with Crippen molar-refractivity contribution in [3.8, 4) is 0 Å². The molecule has 2 saturated carbocycles. The van der Waals surface area contributed by atoms with Gasteiger partial charge in [0.05, 0.1) is 4.75 Å². The first-order chi connectivity index (χ1) is 12.6. The molecule has 0 radical (unpaired) electrons. The van der Waals surface area contributed by atoms with Crippen LogP contribution >= 0.6 is 0 Å². The summed E-state index contributed by atoms with van der Waals surface area (Å²) in [6, 6.07) is 0.471. The molecule has 2 fully saturated rings. The zero-order chi connectivity index (χ0) is 19.7. The lowest BCUT2D eigenvalue weighted by atomic mass is 9.86. The molecule has 0 atom stereocenters. The van der Waals surface area contributed by atoms with Crippen LogP contribution in [0.1, 0.15) is 78.0 Å². The minimum Gasteiger partial charge on any atom is -0.335 e. The van der Waals surface area contributed by atoms with Gasteiger partial charge in [0.2, 0.25) is 15.8 Å². The zero-order valence-corrected chi connectivity index (χ0v) is 17.2. The highest BCUT2D eigenvalue weighted by atomic mass is 32.2. The zero-order valence-electron chi connectivity index (χ0n) is 16.4.